The monoisotopic (exact) mass is 388 g/mol. The Balaban J connectivity index is 1.88. The summed E-state index contributed by atoms with van der Waals surface area (Å²) < 4.78 is 22.5. The molecule has 0 bridgehead atoms. The molecule has 6 nitrogen and oxygen atoms in total. The lowest BCUT2D eigenvalue weighted by Gasteiger charge is -2.14. The molecular formula is C22H32N2O4. The van der Waals surface area contributed by atoms with Crippen molar-refractivity contribution < 1.29 is 18.9 Å². The van der Waals surface area contributed by atoms with Crippen LogP contribution in [0.15, 0.2) is 36.4 Å². The molecule has 0 heterocycles. The lowest BCUT2D eigenvalue weighted by molar-refractivity contribution is 0.206. The fourth-order valence-electron chi connectivity index (χ4n) is 2.89. The highest BCUT2D eigenvalue weighted by Gasteiger charge is 2.08. The van der Waals surface area contributed by atoms with Gasteiger partial charge in [0, 0.05) is 0 Å². The molecule has 0 spiro atoms. The van der Waals surface area contributed by atoms with Gasteiger partial charge in [-0.15, -0.1) is 0 Å². The predicted octanol–water partition coefficient (Wildman–Crippen LogP) is 2.94. The van der Waals surface area contributed by atoms with Crippen molar-refractivity contribution in [1.82, 2.24) is 0 Å². The Labute approximate surface area is 167 Å². The van der Waals surface area contributed by atoms with Crippen LogP contribution >= 0.6 is 0 Å². The van der Waals surface area contributed by atoms with Gasteiger partial charge in [-0.05, 0) is 74.2 Å². The molecular weight excluding hydrogens is 356 g/mol. The highest BCUT2D eigenvalue weighted by molar-refractivity contribution is 5.44. The summed E-state index contributed by atoms with van der Waals surface area (Å²) in [6.07, 6.45) is 3.75. The molecule has 154 valence electrons. The molecule has 0 radical (unpaired) electrons. The molecule has 0 atom stereocenters. The fraction of sp³-hybridized carbons (Fsp3) is 0.455. The Kier molecular flexibility index (Phi) is 9.45. The first-order valence-corrected chi connectivity index (χ1v) is 9.71. The van der Waals surface area contributed by atoms with E-state index in [2.05, 4.69) is 0 Å². The second-order valence-corrected chi connectivity index (χ2v) is 6.45. The van der Waals surface area contributed by atoms with Crippen LogP contribution in [0, 0.1) is 0 Å². The van der Waals surface area contributed by atoms with Crippen LogP contribution in [0.5, 0.6) is 23.0 Å². The fourth-order valence-corrected chi connectivity index (χ4v) is 2.89. The highest BCUT2D eigenvalue weighted by Crippen LogP contribution is 2.30. The third-order valence-electron chi connectivity index (χ3n) is 4.39. The summed E-state index contributed by atoms with van der Waals surface area (Å²) >= 11 is 0. The van der Waals surface area contributed by atoms with Crippen molar-refractivity contribution >= 4 is 0 Å². The predicted molar refractivity (Wildman–Crippen MR) is 112 cm³/mol. The van der Waals surface area contributed by atoms with E-state index >= 15 is 0 Å². The average Bonchev–Trinajstić information content (AvgIpc) is 2.74. The SMILES string of the molecule is COc1cc(CCCN)ccc1OCCOc1ccc(CCCN)cc1OC. The molecule has 2 aromatic rings. The third-order valence-corrected chi connectivity index (χ3v) is 4.39. The zero-order chi connectivity index (χ0) is 20.2. The van der Waals surface area contributed by atoms with Crippen molar-refractivity contribution in [1.29, 1.82) is 0 Å². The van der Waals surface area contributed by atoms with Crippen molar-refractivity contribution in [2.75, 3.05) is 40.5 Å². The van der Waals surface area contributed by atoms with Gasteiger partial charge in [0.15, 0.2) is 23.0 Å². The first-order valence-electron chi connectivity index (χ1n) is 9.71. The smallest absolute Gasteiger partial charge is 0.161 e. The number of hydrogen-bond donors (Lipinski definition) is 2. The summed E-state index contributed by atoms with van der Waals surface area (Å²) in [4.78, 5) is 0. The topological polar surface area (TPSA) is 89.0 Å². The van der Waals surface area contributed by atoms with E-state index in [0.717, 1.165) is 37.2 Å². The first kappa shape index (κ1) is 21.9. The number of rotatable bonds is 13. The molecule has 6 heteroatoms. The molecule has 0 aliphatic rings. The van der Waals surface area contributed by atoms with E-state index in [9.17, 15) is 0 Å². The molecule has 28 heavy (non-hydrogen) atoms. The Bertz CT molecular complexity index is 660. The van der Waals surface area contributed by atoms with E-state index in [0.29, 0.717) is 37.8 Å². The van der Waals surface area contributed by atoms with E-state index in [4.69, 9.17) is 30.4 Å². The standard InChI is InChI=1S/C22H32N2O4/c1-25-21-15-17(5-3-11-23)7-9-19(21)27-13-14-28-20-10-8-18(6-4-12-24)16-22(20)26-2/h7-10,15-16H,3-6,11-14,23-24H2,1-2H3. The highest BCUT2D eigenvalue weighted by atomic mass is 16.5. The summed E-state index contributed by atoms with van der Waals surface area (Å²) in [5.74, 6) is 2.84. The molecule has 0 fully saturated rings. The van der Waals surface area contributed by atoms with E-state index in [1.807, 2.05) is 36.4 Å². The molecule has 0 amide bonds. The number of ether oxygens (including phenoxy) is 4. The minimum absolute atomic E-state index is 0.399. The summed E-state index contributed by atoms with van der Waals surface area (Å²) in [6, 6.07) is 11.9. The molecule has 0 aliphatic heterocycles. The number of methoxy groups -OCH3 is 2. The van der Waals surface area contributed by atoms with Gasteiger partial charge in [0.1, 0.15) is 13.2 Å². The molecule has 2 aromatic carbocycles. The van der Waals surface area contributed by atoms with Crippen molar-refractivity contribution in [3.05, 3.63) is 47.5 Å². The van der Waals surface area contributed by atoms with E-state index < -0.39 is 0 Å². The second-order valence-electron chi connectivity index (χ2n) is 6.45. The minimum Gasteiger partial charge on any atom is -0.493 e. The van der Waals surface area contributed by atoms with Gasteiger partial charge in [0.05, 0.1) is 14.2 Å². The molecule has 4 N–H and O–H groups in total. The zero-order valence-electron chi connectivity index (χ0n) is 16.9. The molecule has 2 rings (SSSR count). The Morgan fingerprint density at radius 1 is 0.643 bits per heavy atom. The van der Waals surface area contributed by atoms with Crippen LogP contribution in [-0.4, -0.2) is 40.5 Å². The van der Waals surface area contributed by atoms with Crippen LogP contribution in [0.1, 0.15) is 24.0 Å². The van der Waals surface area contributed by atoms with Crippen molar-refractivity contribution in [2.24, 2.45) is 11.5 Å². The van der Waals surface area contributed by atoms with Gasteiger partial charge < -0.3 is 30.4 Å². The van der Waals surface area contributed by atoms with Crippen LogP contribution < -0.4 is 30.4 Å². The van der Waals surface area contributed by atoms with Crippen molar-refractivity contribution in [2.45, 2.75) is 25.7 Å². The Morgan fingerprint density at radius 3 is 1.43 bits per heavy atom. The normalized spacial score (nSPS) is 10.6. The van der Waals surface area contributed by atoms with Crippen LogP contribution in [-0.2, 0) is 12.8 Å². The van der Waals surface area contributed by atoms with Gasteiger partial charge in [0.25, 0.3) is 0 Å². The van der Waals surface area contributed by atoms with Gasteiger partial charge >= 0.3 is 0 Å². The van der Waals surface area contributed by atoms with Gasteiger partial charge in [-0.2, -0.15) is 0 Å². The van der Waals surface area contributed by atoms with Crippen molar-refractivity contribution in [3.8, 4) is 23.0 Å². The average molecular weight is 389 g/mol. The Hall–Kier alpha value is -2.44. The lowest BCUT2D eigenvalue weighted by atomic mass is 10.1. The van der Waals surface area contributed by atoms with Gasteiger partial charge in [-0.1, -0.05) is 12.1 Å². The minimum atomic E-state index is 0.399. The lowest BCUT2D eigenvalue weighted by Crippen LogP contribution is -2.10. The number of nitrogens with two attached hydrogens (primary N) is 2. The van der Waals surface area contributed by atoms with Crippen LogP contribution in [0.4, 0.5) is 0 Å². The van der Waals surface area contributed by atoms with E-state index in [1.54, 1.807) is 14.2 Å². The number of hydrogen-bond acceptors (Lipinski definition) is 6. The molecule has 0 aromatic heterocycles. The summed E-state index contributed by atoms with van der Waals surface area (Å²) in [5, 5.41) is 0. The molecule has 0 saturated carbocycles. The summed E-state index contributed by atoms with van der Waals surface area (Å²) in [7, 11) is 3.28. The number of benzene rings is 2. The van der Waals surface area contributed by atoms with Crippen molar-refractivity contribution in [3.63, 3.8) is 0 Å². The second kappa shape index (κ2) is 12.1. The first-order chi connectivity index (χ1) is 13.7. The molecule has 0 unspecified atom stereocenters. The van der Waals surface area contributed by atoms with Crippen LogP contribution in [0.2, 0.25) is 0 Å². The van der Waals surface area contributed by atoms with Gasteiger partial charge in [0.2, 0.25) is 0 Å². The Morgan fingerprint density at radius 2 is 1.07 bits per heavy atom. The van der Waals surface area contributed by atoms with Crippen LogP contribution in [0.25, 0.3) is 0 Å². The molecule has 0 aliphatic carbocycles. The zero-order valence-corrected chi connectivity index (χ0v) is 16.9. The van der Waals surface area contributed by atoms with E-state index in [-0.39, 0.29) is 0 Å². The molecule has 0 saturated heterocycles. The quantitative estimate of drug-likeness (QED) is 0.513. The van der Waals surface area contributed by atoms with Gasteiger partial charge in [-0.3, -0.25) is 0 Å². The largest absolute Gasteiger partial charge is 0.493 e. The van der Waals surface area contributed by atoms with Gasteiger partial charge in [-0.25, -0.2) is 0 Å². The summed E-state index contributed by atoms with van der Waals surface area (Å²) in [5.41, 5.74) is 13.5. The maximum atomic E-state index is 5.83. The number of aryl methyl sites for hydroxylation is 2. The summed E-state index contributed by atoms with van der Waals surface area (Å²) in [6.45, 7) is 2.15. The van der Waals surface area contributed by atoms with Crippen LogP contribution in [0.3, 0.4) is 0 Å². The van der Waals surface area contributed by atoms with E-state index in [1.165, 1.54) is 11.1 Å². The maximum Gasteiger partial charge on any atom is 0.161 e. The maximum absolute atomic E-state index is 5.83. The third kappa shape index (κ3) is 6.62.